The molecule has 19 heavy (non-hydrogen) atoms. The van der Waals surface area contributed by atoms with Crippen molar-refractivity contribution in [3.05, 3.63) is 24.3 Å². The van der Waals surface area contributed by atoms with Crippen LogP contribution in [0.4, 0.5) is 5.95 Å². The molecule has 0 amide bonds. The van der Waals surface area contributed by atoms with Crippen LogP contribution in [-0.4, -0.2) is 40.5 Å². The molecule has 0 bridgehead atoms. The quantitative estimate of drug-likeness (QED) is 0.823. The molecule has 2 N–H and O–H groups in total. The average Bonchev–Trinajstić information content (AvgIpc) is 2.83. The molecule has 1 aromatic carbocycles. The minimum Gasteiger partial charge on any atom is -0.353 e. The number of H-pyrrole nitrogens is 1. The summed E-state index contributed by atoms with van der Waals surface area (Å²) in [4.78, 5) is 10.0. The van der Waals surface area contributed by atoms with E-state index in [9.17, 15) is 0 Å². The van der Waals surface area contributed by atoms with Gasteiger partial charge in [-0.05, 0) is 25.0 Å². The van der Waals surface area contributed by atoms with Crippen LogP contribution in [0.15, 0.2) is 24.3 Å². The van der Waals surface area contributed by atoms with Gasteiger partial charge in [0, 0.05) is 19.1 Å². The Morgan fingerprint density at radius 1 is 1.37 bits per heavy atom. The van der Waals surface area contributed by atoms with Crippen molar-refractivity contribution < 1.29 is 0 Å². The van der Waals surface area contributed by atoms with Crippen molar-refractivity contribution in [2.75, 3.05) is 25.0 Å². The Morgan fingerprint density at radius 2 is 2.16 bits per heavy atom. The zero-order valence-corrected chi connectivity index (χ0v) is 10.8. The predicted octanol–water partition coefficient (Wildman–Crippen LogP) is 1.96. The highest BCUT2D eigenvalue weighted by molar-refractivity contribution is 5.77. The highest BCUT2D eigenvalue weighted by Crippen LogP contribution is 2.17. The van der Waals surface area contributed by atoms with Gasteiger partial charge in [-0.25, -0.2) is 4.98 Å². The van der Waals surface area contributed by atoms with Crippen LogP contribution >= 0.6 is 0 Å². The summed E-state index contributed by atoms with van der Waals surface area (Å²) < 4.78 is 0. The van der Waals surface area contributed by atoms with Gasteiger partial charge in [0.2, 0.25) is 5.95 Å². The number of aromatic amines is 1. The third-order valence-electron chi connectivity index (χ3n) is 3.61. The summed E-state index contributed by atoms with van der Waals surface area (Å²) in [5.41, 5.74) is 2.05. The first-order valence-corrected chi connectivity index (χ1v) is 6.66. The van der Waals surface area contributed by atoms with E-state index < -0.39 is 0 Å². The largest absolute Gasteiger partial charge is 0.353 e. The van der Waals surface area contributed by atoms with E-state index in [1.807, 2.05) is 24.3 Å². The van der Waals surface area contributed by atoms with Crippen LogP contribution in [0, 0.1) is 11.3 Å². The van der Waals surface area contributed by atoms with Gasteiger partial charge >= 0.3 is 0 Å². The highest BCUT2D eigenvalue weighted by atomic mass is 15.2. The van der Waals surface area contributed by atoms with Gasteiger partial charge in [-0.1, -0.05) is 12.1 Å². The fraction of sp³-hybridized carbons (Fsp3) is 0.429. The lowest BCUT2D eigenvalue weighted by atomic mass is 10.1. The molecule has 1 aliphatic heterocycles. The van der Waals surface area contributed by atoms with Gasteiger partial charge in [0.25, 0.3) is 0 Å². The zero-order valence-electron chi connectivity index (χ0n) is 10.8. The third kappa shape index (κ3) is 2.69. The monoisotopic (exact) mass is 255 g/mol. The second-order valence-electron chi connectivity index (χ2n) is 4.96. The first-order chi connectivity index (χ1) is 9.35. The SMILES string of the molecule is N#CCN1CCC(Nc2nc3ccccc3[nH]2)CC1. The van der Waals surface area contributed by atoms with Gasteiger partial charge in [0.05, 0.1) is 23.6 Å². The Labute approximate surface area is 112 Å². The van der Waals surface area contributed by atoms with Crippen molar-refractivity contribution in [3.63, 3.8) is 0 Å². The molecule has 2 heterocycles. The molecule has 0 unspecified atom stereocenters. The van der Waals surface area contributed by atoms with Gasteiger partial charge in [0.15, 0.2) is 0 Å². The van der Waals surface area contributed by atoms with Crippen molar-refractivity contribution >= 4 is 17.0 Å². The van der Waals surface area contributed by atoms with Gasteiger partial charge in [-0.15, -0.1) is 0 Å². The van der Waals surface area contributed by atoms with Crippen LogP contribution in [0.5, 0.6) is 0 Å². The summed E-state index contributed by atoms with van der Waals surface area (Å²) in [5.74, 6) is 0.847. The summed E-state index contributed by atoms with van der Waals surface area (Å²) in [7, 11) is 0. The number of nitrogens with zero attached hydrogens (tertiary/aromatic N) is 3. The number of anilines is 1. The number of imidazole rings is 1. The Hall–Kier alpha value is -2.06. The van der Waals surface area contributed by atoms with Gasteiger partial charge < -0.3 is 10.3 Å². The van der Waals surface area contributed by atoms with Crippen LogP contribution in [0.3, 0.4) is 0 Å². The molecule has 1 fully saturated rings. The number of nitrogens with one attached hydrogen (secondary N) is 2. The van der Waals surface area contributed by atoms with Crippen molar-refractivity contribution in [3.8, 4) is 6.07 Å². The number of rotatable bonds is 3. The van der Waals surface area contributed by atoms with E-state index in [1.165, 1.54) is 0 Å². The third-order valence-corrected chi connectivity index (χ3v) is 3.61. The number of likely N-dealkylation sites (tertiary alicyclic amines) is 1. The van der Waals surface area contributed by atoms with E-state index >= 15 is 0 Å². The minimum absolute atomic E-state index is 0.440. The Bertz CT molecular complexity index is 556. The van der Waals surface area contributed by atoms with Gasteiger partial charge in [-0.3, -0.25) is 4.90 Å². The van der Waals surface area contributed by atoms with Crippen molar-refractivity contribution in [1.29, 1.82) is 5.26 Å². The summed E-state index contributed by atoms with van der Waals surface area (Å²) in [6, 6.07) is 10.7. The first kappa shape index (κ1) is 12.0. The number of aromatic nitrogens is 2. The zero-order chi connectivity index (χ0) is 13.1. The number of para-hydroxylation sites is 2. The van der Waals surface area contributed by atoms with E-state index in [1.54, 1.807) is 0 Å². The molecule has 1 aromatic heterocycles. The highest BCUT2D eigenvalue weighted by Gasteiger charge is 2.19. The van der Waals surface area contributed by atoms with E-state index in [-0.39, 0.29) is 0 Å². The van der Waals surface area contributed by atoms with Crippen LogP contribution in [0.1, 0.15) is 12.8 Å². The van der Waals surface area contributed by atoms with Crippen LogP contribution in [0.2, 0.25) is 0 Å². The second kappa shape index (κ2) is 5.29. The lowest BCUT2D eigenvalue weighted by Gasteiger charge is -2.30. The van der Waals surface area contributed by atoms with Crippen LogP contribution < -0.4 is 5.32 Å². The summed E-state index contributed by atoms with van der Waals surface area (Å²) in [6.07, 6.45) is 2.11. The van der Waals surface area contributed by atoms with Gasteiger partial charge in [0.1, 0.15) is 0 Å². The lowest BCUT2D eigenvalue weighted by molar-refractivity contribution is 0.242. The fourth-order valence-corrected chi connectivity index (χ4v) is 2.55. The molecule has 1 aliphatic rings. The molecular weight excluding hydrogens is 238 g/mol. The molecule has 0 radical (unpaired) electrons. The molecule has 0 aliphatic carbocycles. The molecule has 98 valence electrons. The lowest BCUT2D eigenvalue weighted by Crippen LogP contribution is -2.39. The number of piperidine rings is 1. The maximum absolute atomic E-state index is 8.68. The van der Waals surface area contributed by atoms with Crippen LogP contribution in [-0.2, 0) is 0 Å². The second-order valence-corrected chi connectivity index (χ2v) is 4.96. The summed E-state index contributed by atoms with van der Waals surface area (Å²) in [5, 5.41) is 12.1. The Kier molecular flexibility index (Phi) is 3.34. The summed E-state index contributed by atoms with van der Waals surface area (Å²) >= 11 is 0. The Morgan fingerprint density at radius 3 is 2.89 bits per heavy atom. The molecule has 0 spiro atoms. The normalized spacial score (nSPS) is 17.4. The fourth-order valence-electron chi connectivity index (χ4n) is 2.55. The van der Waals surface area contributed by atoms with E-state index in [4.69, 9.17) is 5.26 Å². The molecule has 3 rings (SSSR count). The Balaban J connectivity index is 1.62. The standard InChI is InChI=1S/C14H17N5/c15-7-10-19-8-5-11(6-9-19)16-14-17-12-3-1-2-4-13(12)18-14/h1-4,11H,5-6,8-10H2,(H2,16,17,18). The smallest absolute Gasteiger partial charge is 0.201 e. The maximum Gasteiger partial charge on any atom is 0.201 e. The van der Waals surface area contributed by atoms with Gasteiger partial charge in [-0.2, -0.15) is 5.26 Å². The molecular formula is C14H17N5. The van der Waals surface area contributed by atoms with E-state index in [0.717, 1.165) is 42.9 Å². The number of benzene rings is 1. The maximum atomic E-state index is 8.68. The predicted molar refractivity (Wildman–Crippen MR) is 74.8 cm³/mol. The molecule has 0 saturated carbocycles. The first-order valence-electron chi connectivity index (χ1n) is 6.66. The van der Waals surface area contributed by atoms with Crippen molar-refractivity contribution in [2.45, 2.75) is 18.9 Å². The molecule has 2 aromatic rings. The van der Waals surface area contributed by atoms with E-state index in [0.29, 0.717) is 12.6 Å². The number of hydrogen-bond acceptors (Lipinski definition) is 4. The number of fused-ring (bicyclic) bond motifs is 1. The molecule has 5 nitrogen and oxygen atoms in total. The average molecular weight is 255 g/mol. The summed E-state index contributed by atoms with van der Waals surface area (Å²) in [6.45, 7) is 2.49. The van der Waals surface area contributed by atoms with Crippen LogP contribution in [0.25, 0.3) is 11.0 Å². The van der Waals surface area contributed by atoms with Crippen molar-refractivity contribution in [1.82, 2.24) is 14.9 Å². The molecule has 5 heteroatoms. The van der Waals surface area contributed by atoms with Crippen molar-refractivity contribution in [2.24, 2.45) is 0 Å². The minimum atomic E-state index is 0.440. The number of hydrogen-bond donors (Lipinski definition) is 2. The van der Waals surface area contributed by atoms with E-state index in [2.05, 4.69) is 26.3 Å². The topological polar surface area (TPSA) is 67.7 Å². The molecule has 1 saturated heterocycles. The molecule has 0 atom stereocenters. The number of nitriles is 1.